The minimum absolute atomic E-state index is 0.683. The van der Waals surface area contributed by atoms with Gasteiger partial charge in [0.05, 0.1) is 11.6 Å². The van der Waals surface area contributed by atoms with E-state index >= 15 is 0 Å². The number of halogens is 1. The molecule has 0 amide bonds. The van der Waals surface area contributed by atoms with Crippen molar-refractivity contribution >= 4 is 11.6 Å². The van der Waals surface area contributed by atoms with Crippen molar-refractivity contribution in [3.63, 3.8) is 0 Å². The highest BCUT2D eigenvalue weighted by Crippen LogP contribution is 2.23. The van der Waals surface area contributed by atoms with Gasteiger partial charge in [-0.3, -0.25) is 0 Å². The van der Waals surface area contributed by atoms with Gasteiger partial charge in [-0.1, -0.05) is 31.4 Å². The molecule has 1 N–H and O–H groups in total. The molecule has 1 saturated carbocycles. The molecule has 4 heteroatoms. The van der Waals surface area contributed by atoms with Gasteiger partial charge in [-0.25, -0.2) is 4.98 Å². The maximum absolute atomic E-state index is 6.13. The number of ether oxygens (including phenoxy) is 1. The van der Waals surface area contributed by atoms with Gasteiger partial charge < -0.3 is 10.1 Å². The number of hydrogen-bond acceptors (Lipinski definition) is 3. The molecule has 0 bridgehead atoms. The summed E-state index contributed by atoms with van der Waals surface area (Å²) >= 11 is 6.13. The van der Waals surface area contributed by atoms with Gasteiger partial charge in [-0.2, -0.15) is 0 Å². The Morgan fingerprint density at radius 2 is 2.28 bits per heavy atom. The van der Waals surface area contributed by atoms with Crippen LogP contribution in [0.3, 0.4) is 0 Å². The summed E-state index contributed by atoms with van der Waals surface area (Å²) in [4.78, 5) is 4.20. The summed E-state index contributed by atoms with van der Waals surface area (Å²) in [5.41, 5.74) is 1.07. The molecule has 0 aromatic carbocycles. The van der Waals surface area contributed by atoms with Gasteiger partial charge in [0.15, 0.2) is 0 Å². The van der Waals surface area contributed by atoms with E-state index in [-0.39, 0.29) is 0 Å². The van der Waals surface area contributed by atoms with E-state index in [9.17, 15) is 0 Å². The lowest BCUT2D eigenvalue weighted by Gasteiger charge is -2.09. The Kier molecular flexibility index (Phi) is 5.26. The van der Waals surface area contributed by atoms with Crippen LogP contribution in [0.15, 0.2) is 12.3 Å². The lowest BCUT2D eigenvalue weighted by atomic mass is 10.2. The highest BCUT2D eigenvalue weighted by atomic mass is 35.5. The highest BCUT2D eigenvalue weighted by Gasteiger charge is 2.20. The van der Waals surface area contributed by atoms with Crippen LogP contribution in [-0.4, -0.2) is 17.6 Å². The minimum Gasteiger partial charge on any atom is -0.478 e. The molecule has 3 nitrogen and oxygen atoms in total. The van der Waals surface area contributed by atoms with Gasteiger partial charge in [-0.05, 0) is 24.8 Å². The lowest BCUT2D eigenvalue weighted by molar-refractivity contribution is 0.294. The van der Waals surface area contributed by atoms with Crippen LogP contribution in [0, 0.1) is 0 Å². The molecule has 18 heavy (non-hydrogen) atoms. The van der Waals surface area contributed by atoms with Crippen molar-refractivity contribution in [2.45, 2.75) is 51.6 Å². The van der Waals surface area contributed by atoms with Gasteiger partial charge in [0, 0.05) is 24.8 Å². The first kappa shape index (κ1) is 13.6. The van der Waals surface area contributed by atoms with Gasteiger partial charge in [-0.15, -0.1) is 0 Å². The zero-order valence-electron chi connectivity index (χ0n) is 10.9. The molecular formula is C14H21ClN2O. The Morgan fingerprint density at radius 1 is 1.44 bits per heavy atom. The first-order valence-electron chi connectivity index (χ1n) is 6.80. The average molecular weight is 269 g/mol. The van der Waals surface area contributed by atoms with Crippen LogP contribution < -0.4 is 10.1 Å². The second-order valence-electron chi connectivity index (χ2n) is 4.82. The van der Waals surface area contributed by atoms with E-state index in [0.717, 1.165) is 25.1 Å². The summed E-state index contributed by atoms with van der Waals surface area (Å²) in [5.74, 6) is 0.683. The van der Waals surface area contributed by atoms with Gasteiger partial charge >= 0.3 is 0 Å². The third-order valence-electron chi connectivity index (χ3n) is 3.07. The Labute approximate surface area is 114 Å². The second-order valence-corrected chi connectivity index (χ2v) is 5.23. The predicted molar refractivity (Wildman–Crippen MR) is 74.1 cm³/mol. The fourth-order valence-corrected chi connectivity index (χ4v) is 1.91. The quantitative estimate of drug-likeness (QED) is 0.732. The molecule has 0 radical (unpaired) electrons. The van der Waals surface area contributed by atoms with Crippen molar-refractivity contribution < 1.29 is 4.74 Å². The van der Waals surface area contributed by atoms with E-state index in [0.29, 0.717) is 16.9 Å². The number of nitrogens with zero attached hydrogens (tertiary/aromatic N) is 1. The molecule has 100 valence electrons. The SMILES string of the molecule is CCCCCOc1cc(CNC2CC2)c(Cl)cn1. The molecule has 0 aliphatic heterocycles. The third kappa shape index (κ3) is 4.46. The Balaban J connectivity index is 1.83. The van der Waals surface area contributed by atoms with Gasteiger partial charge in [0.2, 0.25) is 5.88 Å². The normalized spacial score (nSPS) is 14.8. The number of pyridine rings is 1. The Morgan fingerprint density at radius 3 is 3.00 bits per heavy atom. The van der Waals surface area contributed by atoms with Crippen LogP contribution in [0.1, 0.15) is 44.6 Å². The topological polar surface area (TPSA) is 34.1 Å². The van der Waals surface area contributed by atoms with Crippen LogP contribution in [-0.2, 0) is 6.54 Å². The maximum Gasteiger partial charge on any atom is 0.213 e. The number of rotatable bonds is 8. The molecule has 1 aromatic heterocycles. The summed E-state index contributed by atoms with van der Waals surface area (Å²) in [5, 5.41) is 4.16. The monoisotopic (exact) mass is 268 g/mol. The molecule has 0 spiro atoms. The number of unbranched alkanes of at least 4 members (excludes halogenated alkanes) is 2. The van der Waals surface area contributed by atoms with Crippen molar-refractivity contribution in [3.8, 4) is 5.88 Å². The Bertz CT molecular complexity index is 380. The molecule has 0 atom stereocenters. The van der Waals surface area contributed by atoms with E-state index in [2.05, 4.69) is 17.2 Å². The largest absolute Gasteiger partial charge is 0.478 e. The lowest BCUT2D eigenvalue weighted by Crippen LogP contribution is -2.15. The van der Waals surface area contributed by atoms with Gasteiger partial charge in [0.25, 0.3) is 0 Å². The zero-order chi connectivity index (χ0) is 12.8. The molecule has 1 aromatic rings. The van der Waals surface area contributed by atoms with E-state index in [1.807, 2.05) is 6.07 Å². The van der Waals surface area contributed by atoms with Crippen LogP contribution in [0.4, 0.5) is 0 Å². The zero-order valence-corrected chi connectivity index (χ0v) is 11.7. The maximum atomic E-state index is 6.13. The number of nitrogens with one attached hydrogen (secondary N) is 1. The fourth-order valence-electron chi connectivity index (χ4n) is 1.74. The van der Waals surface area contributed by atoms with Crippen molar-refractivity contribution in [2.24, 2.45) is 0 Å². The standard InChI is InChI=1S/C14H21ClN2O/c1-2-3-4-7-18-14-8-11(13(15)10-17-14)9-16-12-5-6-12/h8,10,12,16H,2-7,9H2,1H3. The van der Waals surface area contributed by atoms with Crippen molar-refractivity contribution in [1.29, 1.82) is 0 Å². The van der Waals surface area contributed by atoms with E-state index in [4.69, 9.17) is 16.3 Å². The minimum atomic E-state index is 0.683. The predicted octanol–water partition coefficient (Wildman–Crippen LogP) is 3.56. The number of aromatic nitrogens is 1. The second kappa shape index (κ2) is 6.95. The molecular weight excluding hydrogens is 248 g/mol. The van der Waals surface area contributed by atoms with E-state index < -0.39 is 0 Å². The summed E-state index contributed by atoms with van der Waals surface area (Å²) in [6, 6.07) is 2.63. The fraction of sp³-hybridized carbons (Fsp3) is 0.643. The molecule has 0 unspecified atom stereocenters. The first-order chi connectivity index (χ1) is 8.79. The van der Waals surface area contributed by atoms with Crippen LogP contribution >= 0.6 is 11.6 Å². The van der Waals surface area contributed by atoms with Crippen molar-refractivity contribution in [1.82, 2.24) is 10.3 Å². The smallest absolute Gasteiger partial charge is 0.213 e. The molecule has 1 aliphatic carbocycles. The summed E-state index contributed by atoms with van der Waals surface area (Å²) in [7, 11) is 0. The van der Waals surface area contributed by atoms with Gasteiger partial charge in [0.1, 0.15) is 0 Å². The van der Waals surface area contributed by atoms with Crippen molar-refractivity contribution in [3.05, 3.63) is 22.8 Å². The molecule has 1 aliphatic rings. The van der Waals surface area contributed by atoms with Crippen LogP contribution in [0.25, 0.3) is 0 Å². The number of hydrogen-bond donors (Lipinski definition) is 1. The average Bonchev–Trinajstić information content (AvgIpc) is 3.19. The first-order valence-corrected chi connectivity index (χ1v) is 7.18. The summed E-state index contributed by atoms with van der Waals surface area (Å²) < 4.78 is 5.63. The summed E-state index contributed by atoms with van der Waals surface area (Å²) in [6.45, 7) is 3.72. The highest BCUT2D eigenvalue weighted by molar-refractivity contribution is 6.31. The molecule has 1 heterocycles. The summed E-state index contributed by atoms with van der Waals surface area (Å²) in [6.07, 6.45) is 7.72. The van der Waals surface area contributed by atoms with Crippen LogP contribution in [0.5, 0.6) is 5.88 Å². The van der Waals surface area contributed by atoms with E-state index in [1.165, 1.54) is 25.7 Å². The molecule has 0 saturated heterocycles. The van der Waals surface area contributed by atoms with Crippen molar-refractivity contribution in [2.75, 3.05) is 6.61 Å². The van der Waals surface area contributed by atoms with E-state index in [1.54, 1.807) is 6.20 Å². The molecule has 2 rings (SSSR count). The third-order valence-corrected chi connectivity index (χ3v) is 3.41. The molecule has 1 fully saturated rings. The Hall–Kier alpha value is -0.800. The van der Waals surface area contributed by atoms with Crippen LogP contribution in [0.2, 0.25) is 5.02 Å².